The van der Waals surface area contributed by atoms with E-state index in [1.54, 1.807) is 39.0 Å². The number of hydrogen-bond donors (Lipinski definition) is 5. The third-order valence-electron chi connectivity index (χ3n) is 39.9. The predicted molar refractivity (Wildman–Crippen MR) is 505 cm³/mol. The highest BCUT2D eigenvalue weighted by atomic mass is 16.3. The Morgan fingerprint density at radius 3 is 1.31 bits per heavy atom. The largest absolute Gasteiger partial charge is 0.393 e. The van der Waals surface area contributed by atoms with Gasteiger partial charge in [-0.25, -0.2) is 4.98 Å². The van der Waals surface area contributed by atoms with Gasteiger partial charge in [0, 0.05) is 23.2 Å². The maximum absolute atomic E-state index is 10.3. The molecule has 0 bridgehead atoms. The Bertz CT molecular complexity index is 5510. The fraction of sp³-hybridized carbons (Fsp3) is 0.548. The molecule has 0 amide bonds. The van der Waals surface area contributed by atoms with E-state index in [9.17, 15) is 20.4 Å². The zero-order valence-corrected chi connectivity index (χ0v) is 75.0. The van der Waals surface area contributed by atoms with Gasteiger partial charge in [-0.05, 0) is 426 Å². The molecule has 7 nitrogen and oxygen atoms in total. The molecule has 7 heteroatoms. The molecule has 24 rings (SSSR count). The van der Waals surface area contributed by atoms with E-state index in [1.807, 2.05) is 18.5 Å². The van der Waals surface area contributed by atoms with Gasteiger partial charge in [0.2, 0.25) is 0 Å². The molecule has 9 fully saturated rings. The molecule has 16 aliphatic carbocycles. The summed E-state index contributed by atoms with van der Waals surface area (Å²) in [5.41, 5.74) is 26.4. The maximum Gasteiger partial charge on any atom is 0.124 e. The summed E-state index contributed by atoms with van der Waals surface area (Å²) in [6, 6.07) is 51.5. The van der Waals surface area contributed by atoms with Gasteiger partial charge in [0.15, 0.2) is 0 Å². The number of aromatic nitrogens is 2. The third kappa shape index (κ3) is 13.0. The number of aliphatic hydroxyl groups is 4. The molecule has 25 atom stereocenters. The van der Waals surface area contributed by atoms with E-state index >= 15 is 0 Å². The molecular formula is C115H139N3O4. The zero-order valence-electron chi connectivity index (χ0n) is 75.0. The van der Waals surface area contributed by atoms with Gasteiger partial charge in [-0.2, -0.15) is 0 Å². The predicted octanol–water partition coefficient (Wildman–Crippen LogP) is 27.5. The van der Waals surface area contributed by atoms with Crippen molar-refractivity contribution in [2.75, 3.05) is 5.73 Å². The Labute approximate surface area is 728 Å². The minimum atomic E-state index is -0.134. The number of hydrogen-bond acceptors (Lipinski definition) is 7. The van der Waals surface area contributed by atoms with Crippen molar-refractivity contribution in [2.45, 2.75) is 273 Å². The number of fused-ring (bicyclic) bond motifs is 24. The second-order valence-electron chi connectivity index (χ2n) is 45.2. The van der Waals surface area contributed by atoms with Crippen molar-refractivity contribution in [3.05, 3.63) is 233 Å². The summed E-state index contributed by atoms with van der Waals surface area (Å²) >= 11 is 0. The summed E-state index contributed by atoms with van der Waals surface area (Å²) in [5, 5.41) is 50.1. The summed E-state index contributed by atoms with van der Waals surface area (Å²) in [7, 11) is 0. The van der Waals surface area contributed by atoms with Crippen LogP contribution in [0, 0.1) is 120 Å². The van der Waals surface area contributed by atoms with Crippen LogP contribution in [-0.2, 0) is 0 Å². The Kier molecular flexibility index (Phi) is 20.3. The summed E-state index contributed by atoms with van der Waals surface area (Å²) in [4.78, 5) is 8.77. The number of nitrogen functional groups attached to an aromatic ring is 1. The summed E-state index contributed by atoms with van der Waals surface area (Å²) < 4.78 is 0. The number of nitrogens with zero attached hydrogens (tertiary/aromatic N) is 2. The Morgan fingerprint density at radius 2 is 0.754 bits per heavy atom. The number of allylic oxidation sites excluding steroid dienone is 11. The van der Waals surface area contributed by atoms with Crippen LogP contribution >= 0.6 is 0 Å². The van der Waals surface area contributed by atoms with E-state index in [0.717, 1.165) is 135 Å². The quantitative estimate of drug-likeness (QED) is 0.111. The van der Waals surface area contributed by atoms with Crippen molar-refractivity contribution < 1.29 is 20.4 Å². The lowest BCUT2D eigenvalue weighted by Gasteiger charge is -2.63. The fourth-order valence-corrected chi connectivity index (χ4v) is 33.1. The second-order valence-corrected chi connectivity index (χ2v) is 45.2. The van der Waals surface area contributed by atoms with E-state index in [1.165, 1.54) is 182 Å². The Balaban J connectivity index is 0.000000100. The van der Waals surface area contributed by atoms with Crippen molar-refractivity contribution in [1.29, 1.82) is 0 Å². The Morgan fingerprint density at radius 1 is 0.320 bits per heavy atom. The first-order chi connectivity index (χ1) is 58.7. The zero-order chi connectivity index (χ0) is 83.8. The summed E-state index contributed by atoms with van der Waals surface area (Å²) in [5.74, 6) is 9.95. The van der Waals surface area contributed by atoms with Crippen LogP contribution < -0.4 is 5.73 Å². The smallest absolute Gasteiger partial charge is 0.124 e. The van der Waals surface area contributed by atoms with Crippen LogP contribution in [0.2, 0.25) is 0 Å². The van der Waals surface area contributed by atoms with Gasteiger partial charge in [-0.1, -0.05) is 213 Å². The van der Waals surface area contributed by atoms with Crippen molar-refractivity contribution in [2.24, 2.45) is 120 Å². The van der Waals surface area contributed by atoms with E-state index in [2.05, 4.69) is 248 Å². The number of rotatable bonds is 4. The highest BCUT2D eigenvalue weighted by Crippen LogP contribution is 2.74. The normalized spacial score (nSPS) is 41.0. The SMILES string of the molecule is C[C@@]12CC=C3C[C@@H](O)CC[C@]3(C)[C@H]1CC[C@]1(C)C(c3ccc4nc(N)ccc4c3)=CC[C@@H]21.C[C@]12CC[C@H](O)CC1=CC[C@@H]1[C@@H]2CC[C@]2(C)C(c3ccc4ccccc4c3)=CC[C@@H]12.C[C@]12CC[C@H](O)CC1=CC[C@@H]1[C@@H]2CC[C@]2(C)C(c3ccc4cnccc4c3)=CC[C@@H]12.C[C@]12CC[C@H](O)C[C@@H]1CC[C@@H]1[C@@H]2CC[C@]2(C)C(c3ccc4ccccc4c3)=CC[C@@H]12. The van der Waals surface area contributed by atoms with Crippen LogP contribution in [0.15, 0.2) is 211 Å². The van der Waals surface area contributed by atoms with Crippen LogP contribution in [-0.4, -0.2) is 54.8 Å². The van der Waals surface area contributed by atoms with Gasteiger partial charge < -0.3 is 26.2 Å². The molecule has 122 heavy (non-hydrogen) atoms. The molecular weight excluding hydrogens is 1490 g/mol. The van der Waals surface area contributed by atoms with E-state index < -0.39 is 0 Å². The van der Waals surface area contributed by atoms with Crippen molar-refractivity contribution in [3.8, 4) is 0 Å². The first kappa shape index (κ1) is 81.5. The van der Waals surface area contributed by atoms with Crippen LogP contribution in [0.1, 0.15) is 271 Å². The van der Waals surface area contributed by atoms with Crippen LogP contribution in [0.4, 0.5) is 5.82 Å². The minimum absolute atomic E-state index is 0.0406. The molecule has 8 aromatic rings. The average Bonchev–Trinajstić information content (AvgIpc) is 1.37. The average molecular weight is 1630 g/mol. The van der Waals surface area contributed by atoms with Gasteiger partial charge in [0.05, 0.1) is 29.9 Å². The highest BCUT2D eigenvalue weighted by molar-refractivity contribution is 5.91. The van der Waals surface area contributed by atoms with Gasteiger partial charge in [-0.15, -0.1) is 0 Å². The van der Waals surface area contributed by atoms with Gasteiger partial charge in [0.25, 0.3) is 0 Å². The number of pyridine rings is 2. The lowest BCUT2D eigenvalue weighted by atomic mass is 9.41. The van der Waals surface area contributed by atoms with E-state index in [4.69, 9.17) is 5.73 Å². The number of benzene rings is 6. The lowest BCUT2D eigenvalue weighted by Crippen LogP contribution is -2.55. The molecule has 0 unspecified atom stereocenters. The molecule has 0 spiro atoms. The monoisotopic (exact) mass is 1630 g/mol. The summed E-state index contributed by atoms with van der Waals surface area (Å²) in [6.45, 7) is 23.0. The van der Waals surface area contributed by atoms with Crippen LogP contribution in [0.3, 0.4) is 0 Å². The first-order valence-electron chi connectivity index (χ1n) is 48.8. The molecule has 2 aromatic heterocycles. The second kappa shape index (κ2) is 30.4. The number of nitrogens with two attached hydrogens (primary N) is 1. The van der Waals surface area contributed by atoms with E-state index in [-0.39, 0.29) is 40.7 Å². The van der Waals surface area contributed by atoms with Crippen molar-refractivity contribution in [3.63, 3.8) is 0 Å². The van der Waals surface area contributed by atoms with Gasteiger partial charge in [0.1, 0.15) is 5.82 Å². The molecule has 0 radical (unpaired) electrons. The number of anilines is 1. The molecule has 638 valence electrons. The molecule has 2 heterocycles. The fourth-order valence-electron chi connectivity index (χ4n) is 33.1. The Hall–Kier alpha value is -7.52. The van der Waals surface area contributed by atoms with Gasteiger partial charge >= 0.3 is 0 Å². The minimum Gasteiger partial charge on any atom is -0.393 e. The highest BCUT2D eigenvalue weighted by Gasteiger charge is 2.65. The van der Waals surface area contributed by atoms with Gasteiger partial charge in [-0.3, -0.25) is 4.98 Å². The molecule has 6 aromatic carbocycles. The van der Waals surface area contributed by atoms with Crippen LogP contribution in [0.5, 0.6) is 0 Å². The molecule has 16 aliphatic rings. The van der Waals surface area contributed by atoms with E-state index in [0.29, 0.717) is 44.2 Å². The van der Waals surface area contributed by atoms with Crippen molar-refractivity contribution >= 4 is 71.3 Å². The molecule has 0 saturated heterocycles. The molecule has 9 saturated carbocycles. The number of aliphatic hydroxyl groups excluding tert-OH is 4. The van der Waals surface area contributed by atoms with Crippen LogP contribution in [0.25, 0.3) is 65.5 Å². The molecule has 6 N–H and O–H groups in total. The lowest BCUT2D eigenvalue weighted by molar-refractivity contribution is -0.115. The maximum atomic E-state index is 10.3. The topological polar surface area (TPSA) is 133 Å². The molecule has 0 aliphatic heterocycles. The standard InChI is InChI=1S/C29H36N2O.C29H36O.C29H34O.C28H33NO/c1-27-14-11-21(32)17-20(27)10-13-29(3)24-8-6-22(28(24,2)15-12-25(27)29)18-4-7-23-19(16-18)5-9-26(30)31-23;2*1-28-15-13-23(30)18-22(28)9-10-24-26-12-11-25(29(26,2)16-14-27(24)28)21-8-7-19-5-3-4-6-20(19)17-21;1-27-12-9-22(30)16-21(27)5-6-23-25-8-7-24(28(25,2)13-10-26(23)27)19-3-4-20-17-29-14-11-18(20)15-19/h4-7,9-10,16,21,24-25,32H,8,11-15,17H2,1-3H3,(H2,30,31);3-8,11,17,22-24,26-27,30H,9-10,12-16,18H2,1-2H3;3-9,11,17,23-24,26-27,30H,10,12-16,18H2,1-2H3;3-5,7,11,14-15,17,22-23,25-26,30H,6,8-10,12-13,16H2,1-2H3/t21-,24+,25+,27-,28+,29-;22-,23-,24-,26-,27-,28-,29+;23-,24-,26-,27-,28-,29+;22-,23-,25-,26-,27-,28+/m0000/s1. The van der Waals surface area contributed by atoms with Crippen molar-refractivity contribution in [1.82, 2.24) is 9.97 Å². The summed E-state index contributed by atoms with van der Waals surface area (Å²) in [6.07, 6.45) is 55.6. The third-order valence-corrected chi connectivity index (χ3v) is 39.9. The first-order valence-corrected chi connectivity index (χ1v) is 48.8.